The summed E-state index contributed by atoms with van der Waals surface area (Å²) in [7, 11) is 0. The van der Waals surface area contributed by atoms with Crippen molar-refractivity contribution in [3.8, 4) is 0 Å². The summed E-state index contributed by atoms with van der Waals surface area (Å²) in [6.07, 6.45) is 0.889. The topological polar surface area (TPSA) is 46.3 Å². The summed E-state index contributed by atoms with van der Waals surface area (Å²) in [5.41, 5.74) is 10.9. The number of aryl methyl sites for hydroxylation is 1. The van der Waals surface area contributed by atoms with Gasteiger partial charge >= 0.3 is 0 Å². The van der Waals surface area contributed by atoms with Gasteiger partial charge in [-0.2, -0.15) is 0 Å². The number of nitrogens with zero attached hydrogens (tertiary/aromatic N) is 1. The van der Waals surface area contributed by atoms with Crippen LogP contribution < -0.4 is 10.6 Å². The molecule has 0 aromatic heterocycles. The summed E-state index contributed by atoms with van der Waals surface area (Å²) in [5.74, 6) is 0.0761. The SMILES string of the molecule is Cc1cccc(N2CCc3ccccc3C2=O)c1CN. The number of anilines is 1. The van der Waals surface area contributed by atoms with Crippen molar-refractivity contribution < 1.29 is 4.79 Å². The van der Waals surface area contributed by atoms with Gasteiger partial charge in [-0.15, -0.1) is 0 Å². The number of amides is 1. The maximum absolute atomic E-state index is 12.7. The zero-order valence-electron chi connectivity index (χ0n) is 11.6. The quantitative estimate of drug-likeness (QED) is 0.908. The minimum atomic E-state index is 0.0761. The van der Waals surface area contributed by atoms with E-state index in [0.29, 0.717) is 13.1 Å². The first-order valence-corrected chi connectivity index (χ1v) is 6.90. The number of hydrogen-bond donors (Lipinski definition) is 1. The normalized spacial score (nSPS) is 14.3. The summed E-state index contributed by atoms with van der Waals surface area (Å²) in [4.78, 5) is 14.5. The van der Waals surface area contributed by atoms with E-state index in [4.69, 9.17) is 5.73 Å². The van der Waals surface area contributed by atoms with Crippen LogP contribution >= 0.6 is 0 Å². The molecule has 1 heterocycles. The predicted octanol–water partition coefficient (Wildman–Crippen LogP) is 2.66. The van der Waals surface area contributed by atoms with E-state index in [9.17, 15) is 4.79 Å². The summed E-state index contributed by atoms with van der Waals surface area (Å²) in [6, 6.07) is 13.8. The van der Waals surface area contributed by atoms with E-state index >= 15 is 0 Å². The van der Waals surface area contributed by atoms with Crippen molar-refractivity contribution in [2.24, 2.45) is 5.73 Å². The van der Waals surface area contributed by atoms with E-state index in [1.54, 1.807) is 0 Å². The van der Waals surface area contributed by atoms with Crippen LogP contribution in [0.3, 0.4) is 0 Å². The maximum Gasteiger partial charge on any atom is 0.258 e. The van der Waals surface area contributed by atoms with Crippen molar-refractivity contribution in [3.63, 3.8) is 0 Å². The third-order valence-electron chi connectivity index (χ3n) is 3.98. The van der Waals surface area contributed by atoms with E-state index < -0.39 is 0 Å². The molecule has 1 aliphatic rings. The average molecular weight is 266 g/mol. The Morgan fingerprint density at radius 3 is 2.75 bits per heavy atom. The van der Waals surface area contributed by atoms with Crippen molar-refractivity contribution in [2.45, 2.75) is 19.9 Å². The van der Waals surface area contributed by atoms with E-state index in [1.165, 1.54) is 0 Å². The number of rotatable bonds is 2. The highest BCUT2D eigenvalue weighted by Gasteiger charge is 2.26. The highest BCUT2D eigenvalue weighted by Crippen LogP contribution is 2.28. The Morgan fingerprint density at radius 1 is 1.15 bits per heavy atom. The third-order valence-corrected chi connectivity index (χ3v) is 3.98. The van der Waals surface area contributed by atoms with Crippen LogP contribution in [-0.4, -0.2) is 12.5 Å². The summed E-state index contributed by atoms with van der Waals surface area (Å²) in [5, 5.41) is 0. The van der Waals surface area contributed by atoms with Gasteiger partial charge in [0.2, 0.25) is 0 Å². The lowest BCUT2D eigenvalue weighted by atomic mass is 9.97. The first-order chi connectivity index (χ1) is 9.72. The van der Waals surface area contributed by atoms with Crippen molar-refractivity contribution >= 4 is 11.6 Å². The molecule has 0 aliphatic carbocycles. The van der Waals surface area contributed by atoms with Gasteiger partial charge in [0, 0.05) is 24.3 Å². The van der Waals surface area contributed by atoms with Crippen LogP contribution in [0.1, 0.15) is 27.0 Å². The second kappa shape index (κ2) is 5.10. The number of carbonyl (C=O) groups is 1. The maximum atomic E-state index is 12.7. The molecule has 102 valence electrons. The summed E-state index contributed by atoms with van der Waals surface area (Å²) >= 11 is 0. The molecule has 0 bridgehead atoms. The fourth-order valence-electron chi connectivity index (χ4n) is 2.86. The molecular formula is C17H18N2O. The minimum absolute atomic E-state index is 0.0761. The first-order valence-electron chi connectivity index (χ1n) is 6.90. The molecule has 2 aromatic carbocycles. The molecular weight excluding hydrogens is 248 g/mol. The van der Waals surface area contributed by atoms with E-state index in [1.807, 2.05) is 54.3 Å². The van der Waals surface area contributed by atoms with Crippen molar-refractivity contribution in [1.82, 2.24) is 0 Å². The predicted molar refractivity (Wildman–Crippen MR) is 80.9 cm³/mol. The molecule has 3 rings (SSSR count). The van der Waals surface area contributed by atoms with Crippen molar-refractivity contribution in [3.05, 3.63) is 64.7 Å². The van der Waals surface area contributed by atoms with Crippen LogP contribution in [0, 0.1) is 6.92 Å². The Morgan fingerprint density at radius 2 is 1.95 bits per heavy atom. The highest BCUT2D eigenvalue weighted by atomic mass is 16.2. The fourth-order valence-corrected chi connectivity index (χ4v) is 2.86. The summed E-state index contributed by atoms with van der Waals surface area (Å²) < 4.78 is 0. The molecule has 2 aromatic rings. The Bertz CT molecular complexity index is 664. The van der Waals surface area contributed by atoms with E-state index in [2.05, 4.69) is 0 Å². The monoisotopic (exact) mass is 266 g/mol. The minimum Gasteiger partial charge on any atom is -0.326 e. The second-order valence-electron chi connectivity index (χ2n) is 5.14. The fraction of sp³-hybridized carbons (Fsp3) is 0.235. The van der Waals surface area contributed by atoms with Gasteiger partial charge in [0.15, 0.2) is 0 Å². The van der Waals surface area contributed by atoms with Gasteiger partial charge in [0.25, 0.3) is 5.91 Å². The van der Waals surface area contributed by atoms with Crippen LogP contribution in [-0.2, 0) is 13.0 Å². The lowest BCUT2D eigenvalue weighted by Gasteiger charge is -2.30. The van der Waals surface area contributed by atoms with Crippen molar-refractivity contribution in [2.75, 3.05) is 11.4 Å². The molecule has 3 nitrogen and oxygen atoms in total. The van der Waals surface area contributed by atoms with Gasteiger partial charge in [-0.1, -0.05) is 30.3 Å². The van der Waals surface area contributed by atoms with Crippen LogP contribution in [0.2, 0.25) is 0 Å². The van der Waals surface area contributed by atoms with Gasteiger partial charge in [0.05, 0.1) is 0 Å². The number of nitrogens with two attached hydrogens (primary N) is 1. The molecule has 20 heavy (non-hydrogen) atoms. The Balaban J connectivity index is 2.06. The van der Waals surface area contributed by atoms with E-state index in [-0.39, 0.29) is 5.91 Å². The standard InChI is InChI=1S/C17H18N2O/c1-12-5-4-8-16(15(12)11-18)19-10-9-13-6-2-3-7-14(13)17(19)20/h2-8H,9-11,18H2,1H3. The summed E-state index contributed by atoms with van der Waals surface area (Å²) in [6.45, 7) is 3.20. The molecule has 0 fully saturated rings. The van der Waals surface area contributed by atoms with Crippen LogP contribution in [0.15, 0.2) is 42.5 Å². The first kappa shape index (κ1) is 12.9. The van der Waals surface area contributed by atoms with Gasteiger partial charge in [-0.25, -0.2) is 0 Å². The van der Waals surface area contributed by atoms with Gasteiger partial charge in [-0.05, 0) is 42.2 Å². The molecule has 3 heteroatoms. The number of carbonyl (C=O) groups excluding carboxylic acids is 1. The largest absolute Gasteiger partial charge is 0.326 e. The smallest absolute Gasteiger partial charge is 0.258 e. The molecule has 2 N–H and O–H groups in total. The van der Waals surface area contributed by atoms with Crippen LogP contribution in [0.25, 0.3) is 0 Å². The molecule has 1 amide bonds. The molecule has 0 saturated heterocycles. The Labute approximate surface area is 119 Å². The van der Waals surface area contributed by atoms with Crippen LogP contribution in [0.4, 0.5) is 5.69 Å². The highest BCUT2D eigenvalue weighted by molar-refractivity contribution is 6.08. The molecule has 0 saturated carbocycles. The number of benzene rings is 2. The lowest BCUT2D eigenvalue weighted by molar-refractivity contribution is 0.0980. The van der Waals surface area contributed by atoms with Gasteiger partial charge in [-0.3, -0.25) is 4.79 Å². The average Bonchev–Trinajstić information content (AvgIpc) is 2.48. The lowest BCUT2D eigenvalue weighted by Crippen LogP contribution is -2.38. The third kappa shape index (κ3) is 2.00. The zero-order valence-corrected chi connectivity index (χ0v) is 11.6. The van der Waals surface area contributed by atoms with E-state index in [0.717, 1.165) is 34.4 Å². The molecule has 0 unspecified atom stereocenters. The Kier molecular flexibility index (Phi) is 3.28. The second-order valence-corrected chi connectivity index (χ2v) is 5.14. The van der Waals surface area contributed by atoms with Crippen molar-refractivity contribution in [1.29, 1.82) is 0 Å². The van der Waals surface area contributed by atoms with Gasteiger partial charge in [0.1, 0.15) is 0 Å². The molecule has 0 atom stereocenters. The molecule has 1 aliphatic heterocycles. The number of hydrogen-bond acceptors (Lipinski definition) is 2. The van der Waals surface area contributed by atoms with Crippen LogP contribution in [0.5, 0.6) is 0 Å². The Hall–Kier alpha value is -2.13. The number of fused-ring (bicyclic) bond motifs is 1. The van der Waals surface area contributed by atoms with Gasteiger partial charge < -0.3 is 10.6 Å². The molecule has 0 radical (unpaired) electrons. The zero-order chi connectivity index (χ0) is 14.1. The molecule has 0 spiro atoms.